The largest absolute Gasteiger partial charge is 0.456 e. The highest BCUT2D eigenvalue weighted by Gasteiger charge is 2.14. The van der Waals surface area contributed by atoms with Gasteiger partial charge in [-0.2, -0.15) is 14.4 Å². The van der Waals surface area contributed by atoms with Crippen LogP contribution in [0, 0.1) is 11.3 Å². The van der Waals surface area contributed by atoms with Gasteiger partial charge in [0.25, 0.3) is 10.0 Å². The molecule has 126 valence electrons. The van der Waals surface area contributed by atoms with E-state index < -0.39 is 10.0 Å². The Kier molecular flexibility index (Phi) is 4.49. The Morgan fingerprint density at radius 1 is 1.16 bits per heavy atom. The molecule has 0 fully saturated rings. The van der Waals surface area contributed by atoms with E-state index >= 15 is 0 Å². The molecule has 0 spiro atoms. The van der Waals surface area contributed by atoms with Gasteiger partial charge in [0.15, 0.2) is 0 Å². The van der Waals surface area contributed by atoms with Gasteiger partial charge in [0.1, 0.15) is 23.1 Å². The lowest BCUT2D eigenvalue weighted by Gasteiger charge is -2.09. The zero-order chi connectivity index (χ0) is 18.0. The van der Waals surface area contributed by atoms with Gasteiger partial charge in [-0.3, -0.25) is 0 Å². The maximum atomic E-state index is 11.7. The van der Waals surface area contributed by atoms with Gasteiger partial charge >= 0.3 is 0 Å². The highest BCUT2D eigenvalue weighted by molar-refractivity contribution is 7.89. The van der Waals surface area contributed by atoms with Crippen LogP contribution in [0.3, 0.4) is 0 Å². The number of nitrogens with zero attached hydrogens (tertiary/aromatic N) is 3. The molecule has 0 saturated heterocycles. The molecule has 8 heteroatoms. The van der Waals surface area contributed by atoms with Crippen molar-refractivity contribution in [3.05, 3.63) is 65.3 Å². The molecule has 0 saturated carbocycles. The van der Waals surface area contributed by atoms with Crippen LogP contribution in [0.1, 0.15) is 5.56 Å². The van der Waals surface area contributed by atoms with E-state index in [2.05, 4.69) is 5.10 Å². The standard InChI is InChI=1S/C17H12ClN3O3S/c1-25(22,23)21-16(9-10-20-21)12-5-7-13(8-6-12)24-17-4-2-3-15(18)14(17)11-19/h2-10H,1H3. The number of aromatic nitrogens is 2. The van der Waals surface area contributed by atoms with Crippen molar-refractivity contribution in [1.82, 2.24) is 9.19 Å². The van der Waals surface area contributed by atoms with Crippen molar-refractivity contribution in [3.8, 4) is 28.8 Å². The fraction of sp³-hybridized carbons (Fsp3) is 0.0588. The van der Waals surface area contributed by atoms with E-state index in [1.165, 1.54) is 6.20 Å². The Morgan fingerprint density at radius 3 is 2.52 bits per heavy atom. The van der Waals surface area contributed by atoms with Gasteiger partial charge < -0.3 is 4.74 Å². The molecule has 0 aliphatic carbocycles. The Hall–Kier alpha value is -2.82. The van der Waals surface area contributed by atoms with Crippen molar-refractivity contribution in [3.63, 3.8) is 0 Å². The number of ether oxygens (including phenoxy) is 1. The molecule has 0 atom stereocenters. The van der Waals surface area contributed by atoms with Crippen LogP contribution in [0.15, 0.2) is 54.7 Å². The second kappa shape index (κ2) is 6.59. The Bertz CT molecular complexity index is 1070. The third-order valence-corrected chi connectivity index (χ3v) is 4.62. The van der Waals surface area contributed by atoms with E-state index in [1.807, 2.05) is 6.07 Å². The van der Waals surface area contributed by atoms with Crippen LogP contribution >= 0.6 is 11.6 Å². The molecular formula is C17H12ClN3O3S. The van der Waals surface area contributed by atoms with Crippen LogP contribution in [0.2, 0.25) is 5.02 Å². The third-order valence-electron chi connectivity index (χ3n) is 3.39. The van der Waals surface area contributed by atoms with Crippen LogP contribution in [0.25, 0.3) is 11.3 Å². The second-order valence-corrected chi connectivity index (χ2v) is 7.39. The fourth-order valence-electron chi connectivity index (χ4n) is 2.28. The first-order chi connectivity index (χ1) is 11.9. The zero-order valence-electron chi connectivity index (χ0n) is 13.0. The van der Waals surface area contributed by atoms with Crippen molar-refractivity contribution >= 4 is 21.6 Å². The molecule has 0 bridgehead atoms. The Labute approximate surface area is 149 Å². The van der Waals surface area contributed by atoms with Gasteiger partial charge in [0.2, 0.25) is 0 Å². The van der Waals surface area contributed by atoms with E-state index in [4.69, 9.17) is 16.3 Å². The predicted molar refractivity (Wildman–Crippen MR) is 94.1 cm³/mol. The van der Waals surface area contributed by atoms with Crippen LogP contribution in [0.5, 0.6) is 11.5 Å². The van der Waals surface area contributed by atoms with Gasteiger partial charge in [-0.25, -0.2) is 8.42 Å². The molecule has 1 heterocycles. The van der Waals surface area contributed by atoms with Gasteiger partial charge in [-0.05, 0) is 42.5 Å². The predicted octanol–water partition coefficient (Wildman–Crippen LogP) is 3.68. The molecule has 3 aromatic rings. The summed E-state index contributed by atoms with van der Waals surface area (Å²) in [5.41, 5.74) is 1.37. The average Bonchev–Trinajstić information content (AvgIpc) is 3.06. The van der Waals surface area contributed by atoms with Crippen molar-refractivity contribution in [2.45, 2.75) is 0 Å². The van der Waals surface area contributed by atoms with Crippen molar-refractivity contribution < 1.29 is 13.2 Å². The van der Waals surface area contributed by atoms with E-state index in [1.54, 1.807) is 48.5 Å². The molecule has 0 aliphatic heterocycles. The number of rotatable bonds is 4. The molecule has 6 nitrogen and oxygen atoms in total. The maximum Gasteiger partial charge on any atom is 0.251 e. The highest BCUT2D eigenvalue weighted by atomic mass is 35.5. The number of hydrogen-bond acceptors (Lipinski definition) is 5. The van der Waals surface area contributed by atoms with E-state index in [-0.39, 0.29) is 5.56 Å². The summed E-state index contributed by atoms with van der Waals surface area (Å²) in [4.78, 5) is 0. The molecule has 25 heavy (non-hydrogen) atoms. The quantitative estimate of drug-likeness (QED) is 0.696. The first kappa shape index (κ1) is 17.0. The van der Waals surface area contributed by atoms with Crippen LogP contribution in [-0.2, 0) is 10.0 Å². The highest BCUT2D eigenvalue weighted by Crippen LogP contribution is 2.31. The summed E-state index contributed by atoms with van der Waals surface area (Å²) in [5, 5.41) is 13.3. The van der Waals surface area contributed by atoms with Crippen LogP contribution in [0.4, 0.5) is 0 Å². The molecular weight excluding hydrogens is 362 g/mol. The number of nitriles is 1. The first-order valence-corrected chi connectivity index (χ1v) is 9.34. The summed E-state index contributed by atoms with van der Waals surface area (Å²) in [6.07, 6.45) is 2.51. The van der Waals surface area contributed by atoms with E-state index in [9.17, 15) is 13.7 Å². The summed E-state index contributed by atoms with van der Waals surface area (Å²) in [6.45, 7) is 0. The van der Waals surface area contributed by atoms with E-state index in [0.29, 0.717) is 27.8 Å². The minimum Gasteiger partial charge on any atom is -0.456 e. The Balaban J connectivity index is 1.91. The summed E-state index contributed by atoms with van der Waals surface area (Å²) in [6, 6.07) is 15.4. The van der Waals surface area contributed by atoms with Crippen LogP contribution < -0.4 is 4.74 Å². The molecule has 0 amide bonds. The zero-order valence-corrected chi connectivity index (χ0v) is 14.6. The second-order valence-electron chi connectivity index (χ2n) is 5.17. The lowest BCUT2D eigenvalue weighted by molar-refractivity contribution is 0.481. The van der Waals surface area contributed by atoms with Crippen molar-refractivity contribution in [1.29, 1.82) is 5.26 Å². The third kappa shape index (κ3) is 3.50. The lowest BCUT2D eigenvalue weighted by Crippen LogP contribution is -2.12. The van der Waals surface area contributed by atoms with E-state index in [0.717, 1.165) is 10.3 Å². The normalized spacial score (nSPS) is 11.1. The van der Waals surface area contributed by atoms with Crippen molar-refractivity contribution in [2.24, 2.45) is 0 Å². The van der Waals surface area contributed by atoms with Gasteiger partial charge in [-0.15, -0.1) is 0 Å². The van der Waals surface area contributed by atoms with Crippen molar-refractivity contribution in [2.75, 3.05) is 6.26 Å². The number of halogens is 1. The molecule has 0 aliphatic rings. The summed E-state index contributed by atoms with van der Waals surface area (Å²) < 4.78 is 30.1. The summed E-state index contributed by atoms with van der Waals surface area (Å²) >= 11 is 5.98. The molecule has 1 aromatic heterocycles. The Morgan fingerprint density at radius 2 is 1.88 bits per heavy atom. The molecule has 0 N–H and O–H groups in total. The molecule has 3 rings (SSSR count). The number of hydrogen-bond donors (Lipinski definition) is 0. The topological polar surface area (TPSA) is 85.0 Å². The monoisotopic (exact) mass is 373 g/mol. The fourth-order valence-corrected chi connectivity index (χ4v) is 3.24. The molecule has 0 radical (unpaired) electrons. The van der Waals surface area contributed by atoms with Gasteiger partial charge in [0, 0.05) is 5.56 Å². The minimum atomic E-state index is -3.49. The summed E-state index contributed by atoms with van der Waals surface area (Å²) in [5.74, 6) is 0.844. The molecule has 2 aromatic carbocycles. The lowest BCUT2D eigenvalue weighted by atomic mass is 10.1. The van der Waals surface area contributed by atoms with Crippen LogP contribution in [-0.4, -0.2) is 23.9 Å². The average molecular weight is 374 g/mol. The smallest absolute Gasteiger partial charge is 0.251 e. The van der Waals surface area contributed by atoms with Gasteiger partial charge in [0.05, 0.1) is 23.2 Å². The summed E-state index contributed by atoms with van der Waals surface area (Å²) in [7, 11) is -3.49. The minimum absolute atomic E-state index is 0.253. The number of benzene rings is 2. The maximum absolute atomic E-state index is 11.7. The first-order valence-electron chi connectivity index (χ1n) is 7.11. The van der Waals surface area contributed by atoms with Gasteiger partial charge in [-0.1, -0.05) is 17.7 Å². The SMILES string of the molecule is CS(=O)(=O)n1nccc1-c1ccc(Oc2cccc(Cl)c2C#N)cc1. The molecule has 0 unspecified atom stereocenters.